The number of rotatable bonds is 7. The fourth-order valence-electron chi connectivity index (χ4n) is 2.82. The highest BCUT2D eigenvalue weighted by atomic mass is 19.4. The normalized spacial score (nSPS) is 12.5. The van der Waals surface area contributed by atoms with E-state index in [0.717, 1.165) is 0 Å². The number of benzene rings is 1. The highest BCUT2D eigenvalue weighted by Gasteiger charge is 2.31. The Morgan fingerprint density at radius 3 is 2.39 bits per heavy atom. The molecule has 1 aromatic carbocycles. The summed E-state index contributed by atoms with van der Waals surface area (Å²) in [7, 11) is 0. The average Bonchev–Trinajstić information content (AvgIpc) is 2.66. The number of carbonyl (C=O) groups is 1. The first-order chi connectivity index (χ1) is 13.2. The Bertz CT molecular complexity index is 809. The molecule has 0 aliphatic carbocycles. The lowest BCUT2D eigenvalue weighted by Crippen LogP contribution is -2.43. The minimum Gasteiger partial charge on any atom is -0.352 e. The quantitative estimate of drug-likeness (QED) is 0.712. The van der Waals surface area contributed by atoms with Crippen LogP contribution in [0.3, 0.4) is 0 Å². The lowest BCUT2D eigenvalue weighted by atomic mass is 10.0. The van der Waals surface area contributed by atoms with Crippen LogP contribution in [0.15, 0.2) is 30.6 Å². The third kappa shape index (κ3) is 4.96. The molecule has 152 valence electrons. The summed E-state index contributed by atoms with van der Waals surface area (Å²) >= 11 is 0. The van der Waals surface area contributed by atoms with Gasteiger partial charge >= 0.3 is 6.18 Å². The van der Waals surface area contributed by atoms with Crippen LogP contribution in [0.5, 0.6) is 0 Å². The lowest BCUT2D eigenvalue weighted by Gasteiger charge is -2.29. The number of nitrogens with one attached hydrogen (secondary N) is 1. The molecule has 9 heteroatoms. The van der Waals surface area contributed by atoms with E-state index in [-0.39, 0.29) is 24.1 Å². The van der Waals surface area contributed by atoms with E-state index >= 15 is 0 Å². The van der Waals surface area contributed by atoms with Crippen molar-refractivity contribution < 1.29 is 22.4 Å². The first kappa shape index (κ1) is 21.6. The Kier molecular flexibility index (Phi) is 6.93. The van der Waals surface area contributed by atoms with Gasteiger partial charge in [0.25, 0.3) is 5.91 Å². The van der Waals surface area contributed by atoms with Gasteiger partial charge in [-0.1, -0.05) is 19.1 Å². The van der Waals surface area contributed by atoms with Gasteiger partial charge in [0.1, 0.15) is 5.82 Å². The number of carbonyl (C=O) groups excluding carboxylic acids is 1. The number of aromatic nitrogens is 2. The minimum absolute atomic E-state index is 0.0171. The number of anilines is 1. The second kappa shape index (κ2) is 8.99. The zero-order chi connectivity index (χ0) is 20.9. The summed E-state index contributed by atoms with van der Waals surface area (Å²) in [4.78, 5) is 21.7. The summed E-state index contributed by atoms with van der Waals surface area (Å²) in [6, 6.07) is 4.16. The number of halogens is 4. The van der Waals surface area contributed by atoms with Gasteiger partial charge < -0.3 is 10.2 Å². The highest BCUT2D eigenvalue weighted by molar-refractivity contribution is 5.96. The van der Waals surface area contributed by atoms with Gasteiger partial charge in [0.2, 0.25) is 5.95 Å². The topological polar surface area (TPSA) is 58.1 Å². The first-order valence-electron chi connectivity index (χ1n) is 8.90. The fraction of sp³-hybridized carbons (Fsp3) is 0.421. The Balaban J connectivity index is 2.09. The smallest absolute Gasteiger partial charge is 0.352 e. The fourth-order valence-corrected chi connectivity index (χ4v) is 2.82. The molecule has 1 unspecified atom stereocenters. The Hall–Kier alpha value is -2.71. The molecule has 0 radical (unpaired) electrons. The number of amides is 1. The van der Waals surface area contributed by atoms with E-state index < -0.39 is 23.5 Å². The number of hydrogen-bond acceptors (Lipinski definition) is 4. The molecule has 0 spiro atoms. The standard InChI is InChI=1S/C19H22F4N4O/c1-4-13-7-6-8-15(20)16(13)17(28)27(5-2)12(3)9-24-18-25-10-14(11-26-18)19(21,22)23/h6-8,10-12H,4-5,9H2,1-3H3,(H,24,25,26). The van der Waals surface area contributed by atoms with Crippen LogP contribution in [0.4, 0.5) is 23.5 Å². The van der Waals surface area contributed by atoms with Crippen molar-refractivity contribution in [3.05, 3.63) is 53.1 Å². The number of aryl methyl sites for hydroxylation is 1. The molecule has 0 saturated heterocycles. The molecule has 0 aliphatic rings. The van der Waals surface area contributed by atoms with Crippen LogP contribution in [0, 0.1) is 5.82 Å². The molecule has 28 heavy (non-hydrogen) atoms. The predicted molar refractivity (Wildman–Crippen MR) is 97.5 cm³/mol. The molecule has 1 aromatic heterocycles. The second-order valence-corrected chi connectivity index (χ2v) is 6.24. The molecular formula is C19H22F4N4O. The van der Waals surface area contributed by atoms with Crippen LogP contribution < -0.4 is 5.32 Å². The summed E-state index contributed by atoms with van der Waals surface area (Å²) in [5.74, 6) is -0.988. The van der Waals surface area contributed by atoms with Gasteiger partial charge in [-0.15, -0.1) is 0 Å². The number of alkyl halides is 3. The van der Waals surface area contributed by atoms with E-state index in [2.05, 4.69) is 15.3 Å². The van der Waals surface area contributed by atoms with Crippen molar-refractivity contribution in [2.24, 2.45) is 0 Å². The summed E-state index contributed by atoms with van der Waals surface area (Å²) in [6.07, 6.45) is -2.61. The maximum atomic E-state index is 14.3. The van der Waals surface area contributed by atoms with Gasteiger partial charge in [-0.25, -0.2) is 14.4 Å². The second-order valence-electron chi connectivity index (χ2n) is 6.24. The summed E-state index contributed by atoms with van der Waals surface area (Å²) in [5.41, 5.74) is -0.276. The van der Waals surface area contributed by atoms with Crippen LogP contribution in [-0.4, -0.2) is 39.9 Å². The maximum Gasteiger partial charge on any atom is 0.419 e. The molecule has 1 amide bonds. The van der Waals surface area contributed by atoms with E-state index in [0.29, 0.717) is 30.9 Å². The third-order valence-corrected chi connectivity index (χ3v) is 4.36. The summed E-state index contributed by atoms with van der Waals surface area (Å²) in [6.45, 7) is 5.91. The SMILES string of the molecule is CCc1cccc(F)c1C(=O)N(CC)C(C)CNc1ncc(C(F)(F)F)cn1. The Morgan fingerprint density at radius 1 is 1.21 bits per heavy atom. The monoisotopic (exact) mass is 398 g/mol. The molecule has 0 aliphatic heterocycles. The van der Waals surface area contributed by atoms with Crippen molar-refractivity contribution in [2.45, 2.75) is 39.4 Å². The third-order valence-electron chi connectivity index (χ3n) is 4.36. The highest BCUT2D eigenvalue weighted by Crippen LogP contribution is 2.28. The van der Waals surface area contributed by atoms with Crippen LogP contribution in [-0.2, 0) is 12.6 Å². The minimum atomic E-state index is -4.51. The molecule has 0 saturated carbocycles. The van der Waals surface area contributed by atoms with E-state index in [9.17, 15) is 22.4 Å². The maximum absolute atomic E-state index is 14.3. The molecule has 5 nitrogen and oxygen atoms in total. The van der Waals surface area contributed by atoms with Gasteiger partial charge in [0, 0.05) is 31.5 Å². The average molecular weight is 398 g/mol. The van der Waals surface area contributed by atoms with Crippen LogP contribution in [0.2, 0.25) is 0 Å². The van der Waals surface area contributed by atoms with Crippen molar-refractivity contribution in [1.82, 2.24) is 14.9 Å². The van der Waals surface area contributed by atoms with Gasteiger partial charge in [0.15, 0.2) is 0 Å². The van der Waals surface area contributed by atoms with Gasteiger partial charge in [0.05, 0.1) is 11.1 Å². The predicted octanol–water partition coefficient (Wildman–Crippen LogP) is 4.16. The summed E-state index contributed by atoms with van der Waals surface area (Å²) in [5, 5.41) is 2.81. The molecule has 2 rings (SSSR count). The van der Waals surface area contributed by atoms with Crippen molar-refractivity contribution in [3.8, 4) is 0 Å². The Labute approximate surface area is 160 Å². The lowest BCUT2D eigenvalue weighted by molar-refractivity contribution is -0.138. The molecule has 0 fully saturated rings. The van der Waals surface area contributed by atoms with Crippen molar-refractivity contribution in [1.29, 1.82) is 0 Å². The van der Waals surface area contributed by atoms with E-state index in [1.54, 1.807) is 26.0 Å². The molecule has 1 atom stereocenters. The van der Waals surface area contributed by atoms with Gasteiger partial charge in [-0.3, -0.25) is 4.79 Å². The van der Waals surface area contributed by atoms with Crippen LogP contribution >= 0.6 is 0 Å². The van der Waals surface area contributed by atoms with E-state index in [1.165, 1.54) is 11.0 Å². The van der Waals surface area contributed by atoms with E-state index in [1.807, 2.05) is 6.92 Å². The molecule has 1 N–H and O–H groups in total. The number of likely N-dealkylation sites (N-methyl/N-ethyl adjacent to an activating group) is 1. The zero-order valence-electron chi connectivity index (χ0n) is 15.8. The van der Waals surface area contributed by atoms with Crippen LogP contribution in [0.25, 0.3) is 0 Å². The van der Waals surface area contributed by atoms with Crippen LogP contribution in [0.1, 0.15) is 42.3 Å². The van der Waals surface area contributed by atoms with Crippen molar-refractivity contribution >= 4 is 11.9 Å². The number of hydrogen-bond donors (Lipinski definition) is 1. The van der Waals surface area contributed by atoms with Crippen molar-refractivity contribution in [3.63, 3.8) is 0 Å². The first-order valence-corrected chi connectivity index (χ1v) is 8.90. The summed E-state index contributed by atoms with van der Waals surface area (Å²) < 4.78 is 51.9. The molecule has 1 heterocycles. The molecule has 0 bridgehead atoms. The molecular weight excluding hydrogens is 376 g/mol. The largest absolute Gasteiger partial charge is 0.419 e. The zero-order valence-corrected chi connectivity index (χ0v) is 15.8. The number of nitrogens with zero attached hydrogens (tertiary/aromatic N) is 3. The Morgan fingerprint density at radius 2 is 1.86 bits per heavy atom. The van der Waals surface area contributed by atoms with Crippen molar-refractivity contribution in [2.75, 3.05) is 18.4 Å². The molecule has 2 aromatic rings. The van der Waals surface area contributed by atoms with Gasteiger partial charge in [-0.2, -0.15) is 13.2 Å². The van der Waals surface area contributed by atoms with E-state index in [4.69, 9.17) is 0 Å². The van der Waals surface area contributed by atoms with Gasteiger partial charge in [-0.05, 0) is 31.9 Å².